The number of fused-ring (bicyclic) bond motifs is 1. The Morgan fingerprint density at radius 1 is 1.08 bits per heavy atom. The minimum absolute atomic E-state index is 0.212. The molecule has 0 fully saturated rings. The van der Waals surface area contributed by atoms with E-state index in [4.69, 9.17) is 11.6 Å². The molecule has 0 radical (unpaired) electrons. The fraction of sp³-hybridized carbons (Fsp3) is 0.150. The highest BCUT2D eigenvalue weighted by Crippen LogP contribution is 2.36. The van der Waals surface area contributed by atoms with Crippen LogP contribution in [0.2, 0.25) is 5.02 Å². The molecular weight excluding hydrogens is 350 g/mol. The number of rotatable bonds is 2. The Bertz CT molecular complexity index is 994. The molecule has 130 valence electrons. The summed E-state index contributed by atoms with van der Waals surface area (Å²) >= 11 is 6.04. The lowest BCUT2D eigenvalue weighted by molar-refractivity contribution is 0.0687. The van der Waals surface area contributed by atoms with Crippen molar-refractivity contribution in [3.05, 3.63) is 98.4 Å². The number of benzene rings is 2. The summed E-state index contributed by atoms with van der Waals surface area (Å²) < 4.78 is 0. The number of nitrogens with one attached hydrogen (secondary N) is 1. The zero-order valence-corrected chi connectivity index (χ0v) is 14.6. The number of amides is 1. The SMILES string of the molecule is O=C(c1ccc(=O)[nH]n1)N1CCc2ccccc2C1c1ccc(Cl)cc1. The predicted molar refractivity (Wildman–Crippen MR) is 99.3 cm³/mol. The van der Waals surface area contributed by atoms with E-state index < -0.39 is 0 Å². The van der Waals surface area contributed by atoms with Crippen LogP contribution in [0.3, 0.4) is 0 Å². The number of hydrogen-bond acceptors (Lipinski definition) is 3. The van der Waals surface area contributed by atoms with E-state index in [-0.39, 0.29) is 23.2 Å². The molecule has 0 saturated heterocycles. The zero-order chi connectivity index (χ0) is 18.1. The second kappa shape index (κ2) is 6.77. The maximum absolute atomic E-state index is 13.1. The minimum atomic E-state index is -0.334. The molecule has 0 bridgehead atoms. The van der Waals surface area contributed by atoms with Crippen LogP contribution in [0.5, 0.6) is 0 Å². The summed E-state index contributed by atoms with van der Waals surface area (Å²) in [5.41, 5.74) is 3.20. The summed E-state index contributed by atoms with van der Waals surface area (Å²) in [4.78, 5) is 26.1. The van der Waals surface area contributed by atoms with Crippen LogP contribution in [-0.4, -0.2) is 27.5 Å². The lowest BCUT2D eigenvalue weighted by Gasteiger charge is -2.37. The Morgan fingerprint density at radius 3 is 2.58 bits per heavy atom. The van der Waals surface area contributed by atoms with Crippen LogP contribution in [0.1, 0.15) is 33.2 Å². The van der Waals surface area contributed by atoms with E-state index in [0.717, 1.165) is 17.5 Å². The van der Waals surface area contributed by atoms with Crippen LogP contribution in [0, 0.1) is 0 Å². The molecule has 1 aliphatic rings. The van der Waals surface area contributed by atoms with E-state index in [1.165, 1.54) is 17.7 Å². The number of carbonyl (C=O) groups is 1. The van der Waals surface area contributed by atoms with Gasteiger partial charge in [0.15, 0.2) is 0 Å². The molecule has 5 nitrogen and oxygen atoms in total. The molecule has 26 heavy (non-hydrogen) atoms. The Hall–Kier alpha value is -2.92. The van der Waals surface area contributed by atoms with Gasteiger partial charge >= 0.3 is 0 Å². The first kappa shape index (κ1) is 16.5. The molecule has 4 rings (SSSR count). The van der Waals surface area contributed by atoms with E-state index in [1.807, 2.05) is 42.5 Å². The zero-order valence-electron chi connectivity index (χ0n) is 13.9. The van der Waals surface area contributed by atoms with Gasteiger partial charge in [0, 0.05) is 17.6 Å². The molecular formula is C20H16ClN3O2. The number of H-pyrrole nitrogens is 1. The molecule has 1 atom stereocenters. The largest absolute Gasteiger partial charge is 0.326 e. The van der Waals surface area contributed by atoms with Gasteiger partial charge in [0.05, 0.1) is 6.04 Å². The first-order valence-electron chi connectivity index (χ1n) is 8.33. The molecule has 2 aromatic carbocycles. The number of hydrogen-bond donors (Lipinski definition) is 1. The molecule has 3 aromatic rings. The van der Waals surface area contributed by atoms with Crippen molar-refractivity contribution in [1.29, 1.82) is 0 Å². The van der Waals surface area contributed by atoms with Gasteiger partial charge in [0.25, 0.3) is 11.5 Å². The number of aromatic nitrogens is 2. The quantitative estimate of drug-likeness (QED) is 0.758. The lowest BCUT2D eigenvalue weighted by atomic mass is 9.88. The molecule has 1 aliphatic heterocycles. The van der Waals surface area contributed by atoms with Crippen molar-refractivity contribution in [2.45, 2.75) is 12.5 Å². The van der Waals surface area contributed by atoms with Crippen molar-refractivity contribution < 1.29 is 4.79 Å². The van der Waals surface area contributed by atoms with Gasteiger partial charge < -0.3 is 4.90 Å². The summed E-state index contributed by atoms with van der Waals surface area (Å²) in [6, 6.07) is 18.2. The van der Waals surface area contributed by atoms with Crippen LogP contribution >= 0.6 is 11.6 Å². The summed E-state index contributed by atoms with van der Waals surface area (Å²) in [6.07, 6.45) is 0.773. The van der Waals surface area contributed by atoms with Crippen molar-refractivity contribution in [1.82, 2.24) is 15.1 Å². The fourth-order valence-electron chi connectivity index (χ4n) is 3.40. The number of aromatic amines is 1. The smallest absolute Gasteiger partial charge is 0.275 e. The maximum Gasteiger partial charge on any atom is 0.275 e. The second-order valence-corrected chi connectivity index (χ2v) is 6.64. The average Bonchev–Trinajstić information content (AvgIpc) is 2.68. The van der Waals surface area contributed by atoms with Gasteiger partial charge in [-0.15, -0.1) is 0 Å². The van der Waals surface area contributed by atoms with Crippen LogP contribution in [0.15, 0.2) is 65.5 Å². The van der Waals surface area contributed by atoms with Crippen molar-refractivity contribution in [2.75, 3.05) is 6.54 Å². The maximum atomic E-state index is 13.1. The van der Waals surface area contributed by atoms with Gasteiger partial charge in [-0.3, -0.25) is 9.59 Å². The summed E-state index contributed by atoms with van der Waals surface area (Å²) in [7, 11) is 0. The molecule has 1 aromatic heterocycles. The van der Waals surface area contributed by atoms with Gasteiger partial charge in [0.2, 0.25) is 0 Å². The van der Waals surface area contributed by atoms with E-state index >= 15 is 0 Å². The molecule has 0 spiro atoms. The third-order valence-corrected chi connectivity index (χ3v) is 4.88. The van der Waals surface area contributed by atoms with Crippen LogP contribution < -0.4 is 5.56 Å². The Labute approximate surface area is 155 Å². The standard InChI is InChI=1S/C20H16ClN3O2/c21-15-7-5-14(6-8-15)19-16-4-2-1-3-13(16)11-12-24(19)20(26)17-9-10-18(25)23-22-17/h1-10,19H,11-12H2,(H,23,25). The highest BCUT2D eigenvalue weighted by atomic mass is 35.5. The summed E-state index contributed by atoms with van der Waals surface area (Å²) in [6.45, 7) is 0.573. The van der Waals surface area contributed by atoms with Gasteiger partial charge in [-0.05, 0) is 41.3 Å². The monoisotopic (exact) mass is 365 g/mol. The molecule has 2 heterocycles. The van der Waals surface area contributed by atoms with Crippen LogP contribution in [0.4, 0.5) is 0 Å². The Morgan fingerprint density at radius 2 is 1.85 bits per heavy atom. The lowest BCUT2D eigenvalue weighted by Crippen LogP contribution is -2.41. The van der Waals surface area contributed by atoms with Crippen molar-refractivity contribution >= 4 is 17.5 Å². The Kier molecular flexibility index (Phi) is 4.31. The van der Waals surface area contributed by atoms with E-state index in [0.29, 0.717) is 11.6 Å². The van der Waals surface area contributed by atoms with Crippen molar-refractivity contribution in [3.8, 4) is 0 Å². The molecule has 1 unspecified atom stereocenters. The molecule has 1 N–H and O–H groups in total. The highest BCUT2D eigenvalue weighted by Gasteiger charge is 2.33. The topological polar surface area (TPSA) is 66.1 Å². The molecule has 0 aliphatic carbocycles. The van der Waals surface area contributed by atoms with Crippen molar-refractivity contribution in [3.63, 3.8) is 0 Å². The van der Waals surface area contributed by atoms with Gasteiger partial charge in [-0.1, -0.05) is 48.0 Å². The van der Waals surface area contributed by atoms with Gasteiger partial charge in [0.1, 0.15) is 5.69 Å². The normalized spacial score (nSPS) is 16.2. The van der Waals surface area contributed by atoms with Crippen molar-refractivity contribution in [2.24, 2.45) is 0 Å². The van der Waals surface area contributed by atoms with E-state index in [2.05, 4.69) is 16.3 Å². The number of nitrogens with zero attached hydrogens (tertiary/aromatic N) is 2. The van der Waals surface area contributed by atoms with Crippen LogP contribution in [0.25, 0.3) is 0 Å². The van der Waals surface area contributed by atoms with Gasteiger partial charge in [-0.2, -0.15) is 5.10 Å². The predicted octanol–water partition coefficient (Wildman–Crippen LogP) is 3.21. The summed E-state index contributed by atoms with van der Waals surface area (Å²) in [5.74, 6) is -0.212. The number of carbonyl (C=O) groups excluding carboxylic acids is 1. The van der Waals surface area contributed by atoms with E-state index in [1.54, 1.807) is 4.90 Å². The molecule has 1 amide bonds. The second-order valence-electron chi connectivity index (χ2n) is 6.21. The molecule has 6 heteroatoms. The minimum Gasteiger partial charge on any atom is -0.326 e. The van der Waals surface area contributed by atoms with E-state index in [9.17, 15) is 9.59 Å². The first-order valence-corrected chi connectivity index (χ1v) is 8.71. The first-order chi connectivity index (χ1) is 12.6. The highest BCUT2D eigenvalue weighted by molar-refractivity contribution is 6.30. The third-order valence-electron chi connectivity index (χ3n) is 4.63. The summed E-state index contributed by atoms with van der Waals surface area (Å²) in [5, 5.41) is 6.88. The van der Waals surface area contributed by atoms with Crippen LogP contribution in [-0.2, 0) is 6.42 Å². The average molecular weight is 366 g/mol. The van der Waals surface area contributed by atoms with Gasteiger partial charge in [-0.25, -0.2) is 5.10 Å². The number of halogens is 1. The fourth-order valence-corrected chi connectivity index (χ4v) is 3.53. The Balaban J connectivity index is 1.80. The molecule has 0 saturated carbocycles. The third kappa shape index (κ3) is 3.02.